The number of methoxy groups -OCH3 is 1. The van der Waals surface area contributed by atoms with Crippen molar-refractivity contribution in [2.75, 3.05) is 13.7 Å². The maximum absolute atomic E-state index is 11.9. The minimum Gasteiger partial charge on any atom is -0.375 e. The van der Waals surface area contributed by atoms with E-state index < -0.39 is 11.8 Å². The summed E-state index contributed by atoms with van der Waals surface area (Å²) in [6.45, 7) is 2.57. The molecule has 0 aliphatic rings. The van der Waals surface area contributed by atoms with Gasteiger partial charge in [-0.05, 0) is 40.4 Å². The van der Waals surface area contributed by atoms with Crippen molar-refractivity contribution >= 4 is 23.2 Å². The van der Waals surface area contributed by atoms with Crippen LogP contribution in [0.4, 0.5) is 0 Å². The summed E-state index contributed by atoms with van der Waals surface area (Å²) >= 11 is 1.55. The summed E-state index contributed by atoms with van der Waals surface area (Å²) in [6.07, 6.45) is -0.287. The zero-order valence-corrected chi connectivity index (χ0v) is 14.0. The first-order valence-corrected chi connectivity index (χ1v) is 8.21. The molecule has 0 saturated heterocycles. The Hall–Kier alpha value is -2.18. The Morgan fingerprint density at radius 1 is 1.17 bits per heavy atom. The van der Waals surface area contributed by atoms with E-state index >= 15 is 0 Å². The third-order valence-electron chi connectivity index (χ3n) is 3.51. The third kappa shape index (κ3) is 4.91. The highest BCUT2D eigenvalue weighted by molar-refractivity contribution is 7.07. The number of hydrogen-bond donors (Lipinski definition) is 2. The first-order chi connectivity index (χ1) is 11.1. The molecule has 2 amide bonds. The normalized spacial score (nSPS) is 11.7. The highest BCUT2D eigenvalue weighted by Crippen LogP contribution is 2.19. The molecule has 23 heavy (non-hydrogen) atoms. The van der Waals surface area contributed by atoms with Gasteiger partial charge in [0.25, 0.3) is 0 Å². The molecule has 0 radical (unpaired) electrons. The summed E-state index contributed by atoms with van der Waals surface area (Å²) in [6, 6.07) is 9.71. The first kappa shape index (κ1) is 17.2. The maximum atomic E-state index is 11.9. The molecule has 0 spiro atoms. The Morgan fingerprint density at radius 2 is 1.91 bits per heavy atom. The van der Waals surface area contributed by atoms with E-state index in [0.29, 0.717) is 6.54 Å². The molecule has 1 aromatic carbocycles. The van der Waals surface area contributed by atoms with Crippen molar-refractivity contribution in [3.63, 3.8) is 0 Å². The molecule has 1 unspecified atom stereocenters. The lowest BCUT2D eigenvalue weighted by Gasteiger charge is -2.18. The predicted octanol–water partition coefficient (Wildman–Crippen LogP) is 2.18. The number of thiophene rings is 1. The summed E-state index contributed by atoms with van der Waals surface area (Å²) in [5, 5.41) is 9.06. The van der Waals surface area contributed by atoms with Crippen LogP contribution in [0.3, 0.4) is 0 Å². The molecule has 1 atom stereocenters. The van der Waals surface area contributed by atoms with Gasteiger partial charge in [0.1, 0.15) is 0 Å². The Balaban J connectivity index is 1.84. The van der Waals surface area contributed by atoms with Crippen LogP contribution in [-0.2, 0) is 20.9 Å². The lowest BCUT2D eigenvalue weighted by atomic mass is 10.0. The maximum Gasteiger partial charge on any atom is 0.309 e. The fourth-order valence-electron chi connectivity index (χ4n) is 2.19. The van der Waals surface area contributed by atoms with Crippen LogP contribution < -0.4 is 10.6 Å². The van der Waals surface area contributed by atoms with Crippen molar-refractivity contribution in [2.24, 2.45) is 0 Å². The van der Waals surface area contributed by atoms with Crippen LogP contribution in [0.25, 0.3) is 0 Å². The molecule has 122 valence electrons. The average molecular weight is 332 g/mol. The van der Waals surface area contributed by atoms with E-state index in [1.54, 1.807) is 18.4 Å². The van der Waals surface area contributed by atoms with Crippen LogP contribution >= 0.6 is 11.3 Å². The first-order valence-electron chi connectivity index (χ1n) is 7.27. The molecule has 1 aromatic heterocycles. The molecule has 1 heterocycles. The summed E-state index contributed by atoms with van der Waals surface area (Å²) in [5.74, 6) is -1.30. The van der Waals surface area contributed by atoms with Gasteiger partial charge < -0.3 is 15.4 Å². The van der Waals surface area contributed by atoms with Crippen LogP contribution in [0.15, 0.2) is 41.1 Å². The molecule has 2 rings (SSSR count). The van der Waals surface area contributed by atoms with E-state index in [4.69, 9.17) is 4.74 Å². The largest absolute Gasteiger partial charge is 0.375 e. The third-order valence-corrected chi connectivity index (χ3v) is 4.24. The molecule has 0 bridgehead atoms. The smallest absolute Gasteiger partial charge is 0.309 e. The number of carbonyl (C=O) groups is 2. The van der Waals surface area contributed by atoms with Gasteiger partial charge in [0, 0.05) is 20.2 Å². The van der Waals surface area contributed by atoms with Gasteiger partial charge in [0.05, 0.1) is 6.10 Å². The highest BCUT2D eigenvalue weighted by Gasteiger charge is 2.17. The lowest BCUT2D eigenvalue weighted by molar-refractivity contribution is -0.139. The summed E-state index contributed by atoms with van der Waals surface area (Å²) in [7, 11) is 1.58. The van der Waals surface area contributed by atoms with Crippen molar-refractivity contribution in [3.8, 4) is 0 Å². The highest BCUT2D eigenvalue weighted by atomic mass is 32.1. The van der Waals surface area contributed by atoms with Crippen molar-refractivity contribution in [2.45, 2.75) is 19.6 Å². The Kier molecular flexibility index (Phi) is 6.31. The zero-order valence-electron chi connectivity index (χ0n) is 13.2. The summed E-state index contributed by atoms with van der Waals surface area (Å²) in [5.41, 5.74) is 3.05. The van der Waals surface area contributed by atoms with E-state index in [-0.39, 0.29) is 12.6 Å². The SMILES string of the molecule is COC(CNC(=O)C(=O)NCc1ccsc1)c1ccccc1C. The Morgan fingerprint density at radius 3 is 2.57 bits per heavy atom. The molecule has 0 saturated carbocycles. The van der Waals surface area contributed by atoms with E-state index in [0.717, 1.165) is 16.7 Å². The van der Waals surface area contributed by atoms with Gasteiger partial charge >= 0.3 is 11.8 Å². The number of aryl methyl sites for hydroxylation is 1. The van der Waals surface area contributed by atoms with E-state index in [9.17, 15) is 9.59 Å². The topological polar surface area (TPSA) is 67.4 Å². The van der Waals surface area contributed by atoms with Gasteiger partial charge in [-0.25, -0.2) is 0 Å². The number of nitrogens with one attached hydrogen (secondary N) is 2. The monoisotopic (exact) mass is 332 g/mol. The van der Waals surface area contributed by atoms with Gasteiger partial charge in [-0.2, -0.15) is 11.3 Å². The molecular weight excluding hydrogens is 312 g/mol. The molecule has 0 aliphatic heterocycles. The molecule has 0 aliphatic carbocycles. The van der Waals surface area contributed by atoms with Crippen molar-refractivity contribution in [1.82, 2.24) is 10.6 Å². The minimum absolute atomic E-state index is 0.242. The van der Waals surface area contributed by atoms with E-state index in [1.165, 1.54) is 0 Å². The second-order valence-electron chi connectivity index (χ2n) is 5.11. The Labute approximate surface area is 139 Å². The van der Waals surface area contributed by atoms with Crippen LogP contribution in [-0.4, -0.2) is 25.5 Å². The second kappa shape index (κ2) is 8.45. The minimum atomic E-state index is -0.657. The number of rotatable bonds is 6. The van der Waals surface area contributed by atoms with E-state index in [1.807, 2.05) is 48.0 Å². The van der Waals surface area contributed by atoms with Gasteiger partial charge in [-0.15, -0.1) is 0 Å². The number of hydrogen-bond acceptors (Lipinski definition) is 4. The molecule has 2 aromatic rings. The number of ether oxygens (including phenoxy) is 1. The summed E-state index contributed by atoms with van der Waals surface area (Å²) < 4.78 is 5.42. The van der Waals surface area contributed by atoms with Crippen LogP contribution in [0.1, 0.15) is 22.8 Å². The van der Waals surface area contributed by atoms with Gasteiger partial charge in [0.2, 0.25) is 0 Å². The molecule has 5 nitrogen and oxygen atoms in total. The van der Waals surface area contributed by atoms with Crippen LogP contribution in [0.2, 0.25) is 0 Å². The molecule has 6 heteroatoms. The number of benzene rings is 1. The number of carbonyl (C=O) groups excluding carboxylic acids is 2. The zero-order chi connectivity index (χ0) is 16.7. The van der Waals surface area contributed by atoms with E-state index in [2.05, 4.69) is 10.6 Å². The lowest BCUT2D eigenvalue weighted by Crippen LogP contribution is -2.41. The Bertz CT molecular complexity index is 656. The van der Waals surface area contributed by atoms with Crippen LogP contribution in [0.5, 0.6) is 0 Å². The molecular formula is C17H20N2O3S. The summed E-state index contributed by atoms with van der Waals surface area (Å²) in [4.78, 5) is 23.6. The van der Waals surface area contributed by atoms with Gasteiger partial charge in [0.15, 0.2) is 0 Å². The second-order valence-corrected chi connectivity index (χ2v) is 5.89. The molecule has 0 fully saturated rings. The van der Waals surface area contributed by atoms with Crippen molar-refractivity contribution < 1.29 is 14.3 Å². The van der Waals surface area contributed by atoms with Crippen molar-refractivity contribution in [1.29, 1.82) is 0 Å². The van der Waals surface area contributed by atoms with Crippen LogP contribution in [0, 0.1) is 6.92 Å². The van der Waals surface area contributed by atoms with Gasteiger partial charge in [-0.3, -0.25) is 9.59 Å². The number of amides is 2. The standard InChI is InChI=1S/C17H20N2O3S/c1-12-5-3-4-6-14(12)15(22-2)10-19-17(21)16(20)18-9-13-7-8-23-11-13/h3-8,11,15H,9-10H2,1-2H3,(H,18,20)(H,19,21). The average Bonchev–Trinajstić information content (AvgIpc) is 3.07. The predicted molar refractivity (Wildman–Crippen MR) is 90.1 cm³/mol. The molecule has 2 N–H and O–H groups in total. The fourth-order valence-corrected chi connectivity index (χ4v) is 2.86. The van der Waals surface area contributed by atoms with Crippen molar-refractivity contribution in [3.05, 3.63) is 57.8 Å². The fraction of sp³-hybridized carbons (Fsp3) is 0.294. The van der Waals surface area contributed by atoms with Gasteiger partial charge in [-0.1, -0.05) is 24.3 Å². The quantitative estimate of drug-likeness (QED) is 0.797.